The molecule has 0 bridgehead atoms. The number of carbonyl (C=O) groups excluding carboxylic acids is 2. The summed E-state index contributed by atoms with van der Waals surface area (Å²) in [5.41, 5.74) is 1.84. The highest BCUT2D eigenvalue weighted by Gasteiger charge is 2.42. The van der Waals surface area contributed by atoms with E-state index in [4.69, 9.17) is 4.74 Å². The van der Waals surface area contributed by atoms with E-state index in [-0.39, 0.29) is 12.5 Å². The van der Waals surface area contributed by atoms with Crippen molar-refractivity contribution in [1.29, 1.82) is 0 Å². The summed E-state index contributed by atoms with van der Waals surface area (Å²) >= 11 is 3.16. The number of ether oxygens (including phenoxy) is 1. The van der Waals surface area contributed by atoms with E-state index in [9.17, 15) is 9.59 Å². The molecule has 0 aliphatic heterocycles. The van der Waals surface area contributed by atoms with Crippen molar-refractivity contribution in [2.75, 3.05) is 18.6 Å². The molecule has 5 heteroatoms. The number of aryl methyl sites for hydroxylation is 1. The fraction of sp³-hybridized carbons (Fsp3) is 0.429. The van der Waals surface area contributed by atoms with E-state index in [0.717, 1.165) is 11.3 Å². The molecule has 4 nitrogen and oxygen atoms in total. The number of hydrogen-bond donors (Lipinski definition) is 0. The van der Waals surface area contributed by atoms with Crippen LogP contribution in [-0.2, 0) is 14.3 Å². The number of rotatable bonds is 4. The zero-order valence-corrected chi connectivity index (χ0v) is 13.2. The average Bonchev–Trinajstić information content (AvgIpc) is 2.38. The van der Waals surface area contributed by atoms with Gasteiger partial charge in [-0.1, -0.05) is 33.6 Å². The van der Waals surface area contributed by atoms with E-state index in [2.05, 4.69) is 15.9 Å². The molecule has 0 aromatic heterocycles. The lowest BCUT2D eigenvalue weighted by Gasteiger charge is -2.26. The highest BCUT2D eigenvalue weighted by molar-refractivity contribution is 9.10. The van der Waals surface area contributed by atoms with Crippen molar-refractivity contribution >= 4 is 33.5 Å². The van der Waals surface area contributed by atoms with Crippen LogP contribution < -0.4 is 4.90 Å². The maximum atomic E-state index is 12.3. The average molecular weight is 328 g/mol. The lowest BCUT2D eigenvalue weighted by Crippen LogP contribution is -2.47. The topological polar surface area (TPSA) is 46.6 Å². The van der Waals surface area contributed by atoms with Gasteiger partial charge in [-0.3, -0.25) is 4.79 Å². The normalized spacial score (nSPS) is 13.5. The van der Waals surface area contributed by atoms with Crippen LogP contribution in [0.3, 0.4) is 0 Å². The third kappa shape index (κ3) is 3.56. The third-order valence-electron chi connectivity index (χ3n) is 2.79. The van der Waals surface area contributed by atoms with Gasteiger partial charge in [0.2, 0.25) is 0 Å². The number of hydrogen-bond acceptors (Lipinski definition) is 3. The monoisotopic (exact) mass is 327 g/mol. The van der Waals surface area contributed by atoms with Gasteiger partial charge in [0.25, 0.3) is 5.91 Å². The van der Waals surface area contributed by atoms with Crippen LogP contribution in [0.15, 0.2) is 24.3 Å². The predicted molar refractivity (Wildman–Crippen MR) is 78.6 cm³/mol. The van der Waals surface area contributed by atoms with Crippen LogP contribution in [0.25, 0.3) is 0 Å². The first-order chi connectivity index (χ1) is 8.80. The molecule has 0 saturated heterocycles. The number of alkyl halides is 1. The van der Waals surface area contributed by atoms with E-state index in [1.54, 1.807) is 14.0 Å². The maximum Gasteiger partial charge on any atom is 0.332 e. The van der Waals surface area contributed by atoms with Crippen LogP contribution in [0.5, 0.6) is 0 Å². The van der Waals surface area contributed by atoms with E-state index in [1.165, 1.54) is 11.8 Å². The number of nitrogens with zero attached hydrogens (tertiary/aromatic N) is 1. The van der Waals surface area contributed by atoms with Crippen LogP contribution in [-0.4, -0.2) is 29.9 Å². The Bertz CT molecular complexity index is 468. The molecule has 0 fully saturated rings. The molecule has 1 amide bonds. The van der Waals surface area contributed by atoms with Gasteiger partial charge < -0.3 is 9.64 Å². The van der Waals surface area contributed by atoms with Crippen molar-refractivity contribution < 1.29 is 14.3 Å². The molecule has 0 spiro atoms. The van der Waals surface area contributed by atoms with Gasteiger partial charge in [-0.05, 0) is 32.9 Å². The molecule has 1 aromatic rings. The van der Waals surface area contributed by atoms with Crippen LogP contribution in [0.1, 0.15) is 19.4 Å². The first kappa shape index (κ1) is 15.7. The quantitative estimate of drug-likeness (QED) is 0.485. The Hall–Kier alpha value is -1.36. The second-order valence-corrected chi connectivity index (χ2v) is 6.01. The Kier molecular flexibility index (Phi) is 5.11. The van der Waals surface area contributed by atoms with E-state index >= 15 is 0 Å². The lowest BCUT2D eigenvalue weighted by atomic mass is 10.1. The Morgan fingerprint density at radius 3 is 2.32 bits per heavy atom. The molecule has 1 unspecified atom stereocenters. The SMILES string of the molecule is CCOC(=O)C(C)(Br)C(=O)N(C)c1ccc(C)cc1. The smallest absolute Gasteiger partial charge is 0.332 e. The van der Waals surface area contributed by atoms with Gasteiger partial charge in [0, 0.05) is 12.7 Å². The lowest BCUT2D eigenvalue weighted by molar-refractivity contribution is -0.148. The molecule has 19 heavy (non-hydrogen) atoms. The fourth-order valence-corrected chi connectivity index (χ4v) is 1.93. The zero-order valence-electron chi connectivity index (χ0n) is 11.6. The van der Waals surface area contributed by atoms with Crippen molar-refractivity contribution in [1.82, 2.24) is 0 Å². The highest BCUT2D eigenvalue weighted by Crippen LogP contribution is 2.25. The Labute approximate surface area is 121 Å². The van der Waals surface area contributed by atoms with Crippen molar-refractivity contribution in [3.63, 3.8) is 0 Å². The predicted octanol–water partition coefficient (Wildman–Crippen LogP) is 2.67. The van der Waals surface area contributed by atoms with Gasteiger partial charge in [0.05, 0.1) is 6.61 Å². The molecule has 1 rings (SSSR count). The summed E-state index contributed by atoms with van der Waals surface area (Å²) in [6.45, 7) is 5.41. The summed E-state index contributed by atoms with van der Waals surface area (Å²) in [6.07, 6.45) is 0. The summed E-state index contributed by atoms with van der Waals surface area (Å²) in [5, 5.41) is 0. The second kappa shape index (κ2) is 6.19. The molecule has 0 N–H and O–H groups in total. The minimum absolute atomic E-state index is 0.238. The van der Waals surface area contributed by atoms with Crippen molar-refractivity contribution in [3.05, 3.63) is 29.8 Å². The minimum atomic E-state index is -1.37. The van der Waals surface area contributed by atoms with Crippen molar-refractivity contribution in [2.24, 2.45) is 0 Å². The number of carbonyl (C=O) groups is 2. The first-order valence-electron chi connectivity index (χ1n) is 6.01. The van der Waals surface area contributed by atoms with Gasteiger partial charge in [0.1, 0.15) is 0 Å². The standard InChI is InChI=1S/C14H18BrNO3/c1-5-19-13(18)14(3,15)12(17)16(4)11-8-6-10(2)7-9-11/h6-9H,5H2,1-4H3. The molecule has 104 valence electrons. The molecular formula is C14H18BrNO3. The molecule has 0 aliphatic rings. The Morgan fingerprint density at radius 2 is 1.84 bits per heavy atom. The van der Waals surface area contributed by atoms with E-state index < -0.39 is 10.3 Å². The third-order valence-corrected chi connectivity index (χ3v) is 3.45. The molecule has 0 radical (unpaired) electrons. The summed E-state index contributed by atoms with van der Waals surface area (Å²) < 4.78 is 3.53. The maximum absolute atomic E-state index is 12.3. The van der Waals surface area contributed by atoms with Crippen molar-refractivity contribution in [2.45, 2.75) is 25.1 Å². The Morgan fingerprint density at radius 1 is 1.32 bits per heavy atom. The summed E-state index contributed by atoms with van der Waals surface area (Å²) in [7, 11) is 1.63. The number of benzene rings is 1. The van der Waals surface area contributed by atoms with E-state index in [1.807, 2.05) is 31.2 Å². The molecule has 1 aromatic carbocycles. The molecule has 0 saturated carbocycles. The van der Waals surface area contributed by atoms with Gasteiger partial charge in [-0.25, -0.2) is 4.79 Å². The number of esters is 1. The van der Waals surface area contributed by atoms with Crippen LogP contribution in [0.2, 0.25) is 0 Å². The second-order valence-electron chi connectivity index (χ2n) is 4.42. The minimum Gasteiger partial charge on any atom is -0.465 e. The van der Waals surface area contributed by atoms with Crippen molar-refractivity contribution in [3.8, 4) is 0 Å². The number of anilines is 1. The molecule has 0 heterocycles. The molecule has 1 atom stereocenters. The summed E-state index contributed by atoms with van der Waals surface area (Å²) in [6, 6.07) is 7.49. The van der Waals surface area contributed by atoms with Crippen LogP contribution in [0, 0.1) is 6.92 Å². The largest absolute Gasteiger partial charge is 0.465 e. The molecular weight excluding hydrogens is 310 g/mol. The van der Waals surface area contributed by atoms with Gasteiger partial charge in [-0.15, -0.1) is 0 Å². The first-order valence-corrected chi connectivity index (χ1v) is 6.81. The number of amides is 1. The zero-order chi connectivity index (χ0) is 14.6. The fourth-order valence-electron chi connectivity index (χ4n) is 1.55. The molecule has 0 aliphatic carbocycles. The number of halogens is 1. The van der Waals surface area contributed by atoms with Gasteiger partial charge in [-0.2, -0.15) is 0 Å². The summed E-state index contributed by atoms with van der Waals surface area (Å²) in [4.78, 5) is 25.6. The van der Waals surface area contributed by atoms with E-state index in [0.29, 0.717) is 0 Å². The summed E-state index contributed by atoms with van der Waals surface area (Å²) in [5.74, 6) is -0.950. The van der Waals surface area contributed by atoms with Crippen LogP contribution in [0.4, 0.5) is 5.69 Å². The highest BCUT2D eigenvalue weighted by atomic mass is 79.9. The Balaban J connectivity index is 2.92. The van der Waals surface area contributed by atoms with Gasteiger partial charge >= 0.3 is 5.97 Å². The van der Waals surface area contributed by atoms with Crippen LogP contribution >= 0.6 is 15.9 Å². The van der Waals surface area contributed by atoms with Gasteiger partial charge in [0.15, 0.2) is 4.32 Å².